The summed E-state index contributed by atoms with van der Waals surface area (Å²) < 4.78 is 10.8. The molecule has 1 aromatic carbocycles. The van der Waals surface area contributed by atoms with E-state index in [4.69, 9.17) is 9.07 Å². The number of carbonyl (C=O) groups excluding carboxylic acids is 1. The van der Waals surface area contributed by atoms with Crippen molar-refractivity contribution in [2.75, 3.05) is 7.11 Å². The van der Waals surface area contributed by atoms with Crippen molar-refractivity contribution in [1.82, 2.24) is 0 Å². The van der Waals surface area contributed by atoms with E-state index < -0.39 is 5.60 Å². The minimum Gasteiger partial charge on any atom is -0.478 e. The Labute approximate surface area is 129 Å². The van der Waals surface area contributed by atoms with Gasteiger partial charge in [0.25, 0.3) is 0 Å². The van der Waals surface area contributed by atoms with Gasteiger partial charge >= 0.3 is 0 Å². The topological polar surface area (TPSA) is 44.8 Å². The van der Waals surface area contributed by atoms with Crippen LogP contribution in [0.1, 0.15) is 39.2 Å². The van der Waals surface area contributed by atoms with E-state index in [1.54, 1.807) is 0 Å². The minimum absolute atomic E-state index is 0.101. The summed E-state index contributed by atoms with van der Waals surface area (Å²) in [6.07, 6.45) is 1.33. The minimum atomic E-state index is -0.729. The highest BCUT2D eigenvalue weighted by Gasteiger charge is 2.43. The summed E-state index contributed by atoms with van der Waals surface area (Å²) in [5, 5.41) is 0. The predicted molar refractivity (Wildman–Crippen MR) is 82.4 cm³/mol. The predicted octanol–water partition coefficient (Wildman–Crippen LogP) is 4.16. The Hall–Kier alpha value is -1.30. The molecule has 4 nitrogen and oxygen atoms in total. The summed E-state index contributed by atoms with van der Waals surface area (Å²) in [4.78, 5) is 17.9. The van der Waals surface area contributed by atoms with Gasteiger partial charge in [-0.3, -0.25) is 4.79 Å². The zero-order valence-electron chi connectivity index (χ0n) is 12.8. The van der Waals surface area contributed by atoms with E-state index in [1.165, 1.54) is 7.11 Å². The second-order valence-electron chi connectivity index (χ2n) is 5.02. The molecule has 0 N–H and O–H groups in total. The van der Waals surface area contributed by atoms with Crippen molar-refractivity contribution < 1.29 is 18.8 Å². The molecule has 1 aliphatic rings. The van der Waals surface area contributed by atoms with Gasteiger partial charge in [0, 0.05) is 16.0 Å². The first-order chi connectivity index (χ1) is 10.1. The van der Waals surface area contributed by atoms with Crippen LogP contribution in [0.2, 0.25) is 0 Å². The van der Waals surface area contributed by atoms with Crippen molar-refractivity contribution in [2.45, 2.75) is 44.1 Å². The molecule has 114 valence electrons. The van der Waals surface area contributed by atoms with Crippen LogP contribution in [0.4, 0.5) is 0 Å². The summed E-state index contributed by atoms with van der Waals surface area (Å²) in [7, 11) is 1.46. The first kappa shape index (κ1) is 16.1. The molecule has 0 spiro atoms. The lowest BCUT2D eigenvalue weighted by Crippen LogP contribution is -2.32. The highest BCUT2D eigenvalue weighted by Crippen LogP contribution is 2.39. The molecular formula is C16H20O4S. The van der Waals surface area contributed by atoms with E-state index in [1.807, 2.05) is 45.0 Å². The van der Waals surface area contributed by atoms with E-state index >= 15 is 0 Å². The third-order valence-electron chi connectivity index (χ3n) is 3.70. The van der Waals surface area contributed by atoms with Gasteiger partial charge in [-0.15, -0.1) is 0 Å². The quantitative estimate of drug-likeness (QED) is 0.448. The van der Waals surface area contributed by atoms with Gasteiger partial charge in [-0.2, -0.15) is 4.33 Å². The number of rotatable bonds is 6. The van der Waals surface area contributed by atoms with E-state index in [0.717, 1.165) is 28.1 Å². The molecule has 1 unspecified atom stereocenters. The second kappa shape index (κ2) is 6.64. The van der Waals surface area contributed by atoms with Gasteiger partial charge in [-0.05, 0) is 31.9 Å². The molecule has 0 aromatic heterocycles. The molecule has 0 aliphatic carbocycles. The van der Waals surface area contributed by atoms with E-state index in [9.17, 15) is 4.79 Å². The molecule has 1 heterocycles. The highest BCUT2D eigenvalue weighted by molar-refractivity contribution is 7.94. The third kappa shape index (κ3) is 3.15. The Morgan fingerprint density at radius 3 is 2.43 bits per heavy atom. The third-order valence-corrected chi connectivity index (χ3v) is 4.37. The van der Waals surface area contributed by atoms with E-state index in [2.05, 4.69) is 4.89 Å². The Bertz CT molecular complexity index is 550. The molecular weight excluding hydrogens is 288 g/mol. The molecule has 0 bridgehead atoms. The molecule has 0 amide bonds. The molecule has 0 saturated carbocycles. The molecule has 21 heavy (non-hydrogen) atoms. The fraction of sp³-hybridized carbons (Fsp3) is 0.438. The van der Waals surface area contributed by atoms with Crippen molar-refractivity contribution >= 4 is 23.6 Å². The lowest BCUT2D eigenvalue weighted by Gasteiger charge is -2.21. The number of hydrogen-bond acceptors (Lipinski definition) is 5. The van der Waals surface area contributed by atoms with Crippen LogP contribution in [0, 0.1) is 0 Å². The van der Waals surface area contributed by atoms with Crippen LogP contribution in [-0.2, 0) is 18.8 Å². The van der Waals surface area contributed by atoms with Crippen molar-refractivity contribution in [1.29, 1.82) is 0 Å². The maximum atomic E-state index is 12.5. The second-order valence-corrected chi connectivity index (χ2v) is 5.79. The molecule has 5 heteroatoms. The lowest BCUT2D eigenvalue weighted by atomic mass is 9.93. The lowest BCUT2D eigenvalue weighted by molar-refractivity contribution is -0.160. The summed E-state index contributed by atoms with van der Waals surface area (Å²) in [6.45, 7) is 5.80. The summed E-state index contributed by atoms with van der Waals surface area (Å²) in [6, 6.07) is 7.69. The molecule has 1 atom stereocenters. The summed E-state index contributed by atoms with van der Waals surface area (Å²) in [5.74, 6) is 0.805. The normalized spacial score (nSPS) is 21.8. The molecule has 2 rings (SSSR count). The van der Waals surface area contributed by atoms with Gasteiger partial charge < -0.3 is 4.74 Å². The number of benzene rings is 1. The maximum absolute atomic E-state index is 12.5. The Balaban J connectivity index is 2.28. The van der Waals surface area contributed by atoms with E-state index in [-0.39, 0.29) is 5.78 Å². The molecule has 0 radical (unpaired) electrons. The monoisotopic (exact) mass is 308 g/mol. The van der Waals surface area contributed by atoms with Gasteiger partial charge in [-0.1, -0.05) is 26.0 Å². The van der Waals surface area contributed by atoms with Crippen LogP contribution >= 0.6 is 12.0 Å². The van der Waals surface area contributed by atoms with Crippen LogP contribution in [0.5, 0.6) is 0 Å². The first-order valence-electron chi connectivity index (χ1n) is 7.00. The fourth-order valence-corrected chi connectivity index (χ4v) is 2.67. The summed E-state index contributed by atoms with van der Waals surface area (Å²) in [5.41, 5.74) is 0.958. The SMILES string of the molecule is CCC1=C(c2ccc(SOOC)cc2)OC(C)(CC)C1=O. The average molecular weight is 308 g/mol. The largest absolute Gasteiger partial charge is 0.478 e. The maximum Gasteiger partial charge on any atom is 0.205 e. The van der Waals surface area contributed by atoms with Gasteiger partial charge in [0.2, 0.25) is 5.78 Å². The van der Waals surface area contributed by atoms with Gasteiger partial charge in [-0.25, -0.2) is 4.89 Å². The Morgan fingerprint density at radius 1 is 1.24 bits per heavy atom. The number of ketones is 1. The fourth-order valence-electron chi connectivity index (χ4n) is 2.28. The highest BCUT2D eigenvalue weighted by atomic mass is 32.2. The number of ether oxygens (including phenoxy) is 1. The Morgan fingerprint density at radius 2 is 1.90 bits per heavy atom. The van der Waals surface area contributed by atoms with Crippen LogP contribution in [-0.4, -0.2) is 18.5 Å². The van der Waals surface area contributed by atoms with Crippen molar-refractivity contribution in [2.24, 2.45) is 0 Å². The van der Waals surface area contributed by atoms with Crippen LogP contribution < -0.4 is 0 Å². The van der Waals surface area contributed by atoms with Crippen LogP contribution in [0.15, 0.2) is 34.7 Å². The van der Waals surface area contributed by atoms with Gasteiger partial charge in [0.1, 0.15) is 5.76 Å². The summed E-state index contributed by atoms with van der Waals surface area (Å²) >= 11 is 1.14. The first-order valence-corrected chi connectivity index (χ1v) is 7.74. The zero-order chi connectivity index (χ0) is 15.5. The zero-order valence-corrected chi connectivity index (χ0v) is 13.6. The number of Topliss-reactive ketones (excluding diaryl/α,β-unsaturated/α-hetero) is 1. The average Bonchev–Trinajstić information content (AvgIpc) is 2.78. The molecule has 0 fully saturated rings. The number of hydrogen-bond donors (Lipinski definition) is 0. The van der Waals surface area contributed by atoms with Crippen molar-refractivity contribution in [3.05, 3.63) is 35.4 Å². The van der Waals surface area contributed by atoms with Crippen LogP contribution in [0.25, 0.3) is 5.76 Å². The van der Waals surface area contributed by atoms with Gasteiger partial charge in [0.15, 0.2) is 5.60 Å². The van der Waals surface area contributed by atoms with Gasteiger partial charge in [0.05, 0.1) is 19.2 Å². The number of carbonyl (C=O) groups is 1. The Kier molecular flexibility index (Phi) is 5.08. The molecule has 1 aromatic rings. The van der Waals surface area contributed by atoms with Crippen molar-refractivity contribution in [3.63, 3.8) is 0 Å². The molecule has 1 aliphatic heterocycles. The molecule has 0 saturated heterocycles. The van der Waals surface area contributed by atoms with Crippen molar-refractivity contribution in [3.8, 4) is 0 Å². The standard InChI is InChI=1S/C16H20O4S/c1-5-13-14(19-16(3,6-2)15(13)17)11-7-9-12(10-8-11)21-20-18-4/h7-10H,5-6H2,1-4H3. The van der Waals surface area contributed by atoms with E-state index in [0.29, 0.717) is 18.6 Å². The van der Waals surface area contributed by atoms with Crippen LogP contribution in [0.3, 0.4) is 0 Å². The smallest absolute Gasteiger partial charge is 0.205 e.